The lowest BCUT2D eigenvalue weighted by Gasteiger charge is -2.22. The van der Waals surface area contributed by atoms with E-state index in [4.69, 9.17) is 4.98 Å². The molecule has 0 radical (unpaired) electrons. The molecule has 1 aromatic carbocycles. The maximum Gasteiger partial charge on any atom is 0.262 e. The third kappa shape index (κ3) is 6.43. The lowest BCUT2D eigenvalue weighted by Crippen LogP contribution is -2.30. The van der Waals surface area contributed by atoms with Gasteiger partial charge in [-0.1, -0.05) is 12.1 Å². The molecule has 11 heteroatoms. The molecule has 2 N–H and O–H groups in total. The fraction of sp³-hybridized carbons (Fsp3) is 0.414. The van der Waals surface area contributed by atoms with E-state index in [9.17, 15) is 9.00 Å². The number of benzene rings is 1. The van der Waals surface area contributed by atoms with E-state index in [1.165, 1.54) is 29.7 Å². The van der Waals surface area contributed by atoms with Crippen LogP contribution in [0.3, 0.4) is 0 Å². The lowest BCUT2D eigenvalue weighted by molar-refractivity contribution is 0.376. The summed E-state index contributed by atoms with van der Waals surface area (Å²) in [5, 5.41) is 8.02. The fourth-order valence-corrected chi connectivity index (χ4v) is 7.79. The third-order valence-electron chi connectivity index (χ3n) is 7.23. The Morgan fingerprint density at radius 2 is 2.02 bits per heavy atom. The average molecular weight is 580 g/mol. The van der Waals surface area contributed by atoms with Crippen molar-refractivity contribution in [2.75, 3.05) is 44.8 Å². The van der Waals surface area contributed by atoms with E-state index in [2.05, 4.69) is 38.6 Å². The van der Waals surface area contributed by atoms with Gasteiger partial charge >= 0.3 is 0 Å². The van der Waals surface area contributed by atoms with Crippen LogP contribution in [-0.2, 0) is 22.5 Å². The van der Waals surface area contributed by atoms with Crippen LogP contribution in [0.25, 0.3) is 21.6 Å². The van der Waals surface area contributed by atoms with Crippen molar-refractivity contribution >= 4 is 49.4 Å². The Kier molecular flexibility index (Phi) is 8.65. The predicted octanol–water partition coefficient (Wildman–Crippen LogP) is 3.86. The van der Waals surface area contributed by atoms with Gasteiger partial charge in [-0.3, -0.25) is 13.6 Å². The smallest absolute Gasteiger partial charge is 0.262 e. The molecule has 212 valence electrons. The molecule has 4 heterocycles. The van der Waals surface area contributed by atoms with Gasteiger partial charge in [0.25, 0.3) is 5.56 Å². The van der Waals surface area contributed by atoms with Gasteiger partial charge in [0.2, 0.25) is 5.95 Å². The average Bonchev–Trinajstić information content (AvgIpc) is 3.45. The van der Waals surface area contributed by atoms with Crippen LogP contribution >= 0.6 is 11.3 Å². The highest BCUT2D eigenvalue weighted by atomic mass is 32.2. The highest BCUT2D eigenvalue weighted by Crippen LogP contribution is 2.29. The second-order valence-electron chi connectivity index (χ2n) is 10.6. The molecule has 4 aromatic rings. The number of fused-ring (bicyclic) bond motifs is 1. The minimum atomic E-state index is -2.49. The van der Waals surface area contributed by atoms with Gasteiger partial charge in [0.15, 0.2) is 0 Å². The Morgan fingerprint density at radius 3 is 2.73 bits per heavy atom. The van der Waals surface area contributed by atoms with E-state index >= 15 is 0 Å². The first kappa shape index (κ1) is 28.4. The molecule has 1 aliphatic rings. The molecule has 0 aliphatic carbocycles. The molecule has 5 rings (SSSR count). The largest absolute Gasteiger partial charge is 0.324 e. The molecule has 40 heavy (non-hydrogen) atoms. The summed E-state index contributed by atoms with van der Waals surface area (Å²) < 4.78 is 15.4. The van der Waals surface area contributed by atoms with Crippen molar-refractivity contribution < 1.29 is 4.21 Å². The first-order valence-electron chi connectivity index (χ1n) is 13.7. The summed E-state index contributed by atoms with van der Waals surface area (Å²) in [6.45, 7) is 5.23. The SMILES string of the molecule is C=S(=O)(CCN(C)C)c1cnc(-c2cc3cnc(Nc4ccc(CC5CCCNC5)cc4)nc3n(CC)c2=O)s1. The molecule has 2 atom stereocenters. The molecule has 0 bridgehead atoms. The summed E-state index contributed by atoms with van der Waals surface area (Å²) in [4.78, 5) is 29.2. The Bertz CT molecular complexity index is 1640. The number of pyridine rings is 1. The van der Waals surface area contributed by atoms with Crippen molar-refractivity contribution in [1.29, 1.82) is 0 Å². The van der Waals surface area contributed by atoms with Gasteiger partial charge in [0.1, 0.15) is 14.9 Å². The second kappa shape index (κ2) is 12.2. The Labute approximate surface area is 239 Å². The normalized spacial score (nSPS) is 17.2. The summed E-state index contributed by atoms with van der Waals surface area (Å²) in [6, 6.07) is 10.2. The second-order valence-corrected chi connectivity index (χ2v) is 14.4. The van der Waals surface area contributed by atoms with Gasteiger partial charge in [-0.25, -0.2) is 9.97 Å². The van der Waals surface area contributed by atoms with Gasteiger partial charge in [-0.2, -0.15) is 4.98 Å². The van der Waals surface area contributed by atoms with Crippen LogP contribution in [-0.4, -0.2) is 74.0 Å². The topological polar surface area (TPSA) is 105 Å². The van der Waals surface area contributed by atoms with Crippen molar-refractivity contribution in [3.05, 3.63) is 58.6 Å². The predicted molar refractivity (Wildman–Crippen MR) is 167 cm³/mol. The van der Waals surface area contributed by atoms with E-state index in [0.717, 1.165) is 30.6 Å². The number of hydrogen-bond acceptors (Lipinski definition) is 9. The summed E-state index contributed by atoms with van der Waals surface area (Å²) in [7, 11) is 1.38. The van der Waals surface area contributed by atoms with Crippen LogP contribution in [0.15, 0.2) is 51.7 Å². The zero-order chi connectivity index (χ0) is 28.3. The number of nitrogens with one attached hydrogen (secondary N) is 2. The molecule has 2 unspecified atom stereocenters. The molecule has 9 nitrogen and oxygen atoms in total. The number of anilines is 2. The quantitative estimate of drug-likeness (QED) is 0.273. The van der Waals surface area contributed by atoms with E-state index in [0.29, 0.717) is 51.1 Å². The highest BCUT2D eigenvalue weighted by molar-refractivity contribution is 8.02. The molecular weight excluding hydrogens is 543 g/mol. The molecule has 1 fully saturated rings. The fourth-order valence-electron chi connectivity index (χ4n) is 4.94. The molecule has 3 aromatic heterocycles. The minimum absolute atomic E-state index is 0.189. The molecule has 0 amide bonds. The third-order valence-corrected chi connectivity index (χ3v) is 10.9. The molecule has 1 aliphatic heterocycles. The number of rotatable bonds is 10. The summed E-state index contributed by atoms with van der Waals surface area (Å²) in [5.41, 5.74) is 3.03. The van der Waals surface area contributed by atoms with Crippen molar-refractivity contribution in [3.8, 4) is 10.6 Å². The van der Waals surface area contributed by atoms with Gasteiger partial charge < -0.3 is 15.5 Å². The lowest BCUT2D eigenvalue weighted by atomic mass is 9.92. The van der Waals surface area contributed by atoms with E-state index in [1.54, 1.807) is 23.0 Å². The first-order valence-corrected chi connectivity index (χ1v) is 16.4. The van der Waals surface area contributed by atoms with E-state index in [-0.39, 0.29) is 5.56 Å². The number of aryl methyl sites for hydroxylation is 1. The molecule has 0 saturated carbocycles. The number of piperidine rings is 1. The monoisotopic (exact) mass is 579 g/mol. The highest BCUT2D eigenvalue weighted by Gasteiger charge is 2.19. The summed E-state index contributed by atoms with van der Waals surface area (Å²) in [6.07, 6.45) is 6.91. The van der Waals surface area contributed by atoms with Gasteiger partial charge in [-0.15, -0.1) is 11.3 Å². The van der Waals surface area contributed by atoms with Crippen LogP contribution in [0, 0.1) is 5.92 Å². The van der Waals surface area contributed by atoms with E-state index in [1.807, 2.05) is 38.1 Å². The van der Waals surface area contributed by atoms with Crippen LogP contribution in [0.4, 0.5) is 11.6 Å². The van der Waals surface area contributed by atoms with Gasteiger partial charge in [0.05, 0.1) is 11.8 Å². The van der Waals surface area contributed by atoms with Crippen molar-refractivity contribution in [2.24, 2.45) is 5.92 Å². The minimum Gasteiger partial charge on any atom is -0.324 e. The maximum atomic E-state index is 13.5. The standard InChI is InChI=1S/C29H37N7O2S2/c1-5-36-26-22(16-24(28(36)37)27-31-19-25(39-27)40(4,38)14-13-35(2)3)18-32-29(34-26)33-23-10-8-20(9-11-23)15-21-7-6-12-30-17-21/h8-11,16,18-19,21,30H,4-7,12-15,17H2,1-3H3,(H,32,33,34). The van der Waals surface area contributed by atoms with Crippen molar-refractivity contribution in [2.45, 2.75) is 36.9 Å². The first-order chi connectivity index (χ1) is 19.2. The van der Waals surface area contributed by atoms with Crippen molar-refractivity contribution in [1.82, 2.24) is 29.7 Å². The van der Waals surface area contributed by atoms with E-state index < -0.39 is 9.52 Å². The Morgan fingerprint density at radius 1 is 1.23 bits per heavy atom. The summed E-state index contributed by atoms with van der Waals surface area (Å²) >= 11 is 1.27. The maximum absolute atomic E-state index is 13.5. The van der Waals surface area contributed by atoms with Gasteiger partial charge in [0, 0.05) is 45.6 Å². The number of hydrogen-bond donors (Lipinski definition) is 2. The van der Waals surface area contributed by atoms with Crippen LogP contribution in [0.2, 0.25) is 0 Å². The number of aromatic nitrogens is 4. The van der Waals surface area contributed by atoms with Crippen molar-refractivity contribution in [3.63, 3.8) is 0 Å². The van der Waals surface area contributed by atoms with Gasteiger partial charge in [-0.05, 0) is 88.9 Å². The Balaban J connectivity index is 1.37. The summed E-state index contributed by atoms with van der Waals surface area (Å²) in [5.74, 6) is 5.51. The molecular formula is C29H37N7O2S2. The van der Waals surface area contributed by atoms with Crippen LogP contribution < -0.4 is 16.2 Å². The number of nitrogens with zero attached hydrogens (tertiary/aromatic N) is 5. The van der Waals surface area contributed by atoms with Crippen LogP contribution in [0.1, 0.15) is 25.3 Å². The zero-order valence-electron chi connectivity index (χ0n) is 23.4. The zero-order valence-corrected chi connectivity index (χ0v) is 25.0. The molecule has 0 spiro atoms. The molecule has 1 saturated heterocycles. The number of thiazole rings is 1. The Hall–Kier alpha value is -3.12. The van der Waals surface area contributed by atoms with Crippen LogP contribution in [0.5, 0.6) is 0 Å².